The van der Waals surface area contributed by atoms with E-state index < -0.39 is 0 Å². The summed E-state index contributed by atoms with van der Waals surface area (Å²) in [5, 5.41) is 13.2. The Balaban J connectivity index is 1.86. The summed E-state index contributed by atoms with van der Waals surface area (Å²) in [7, 11) is 0. The lowest BCUT2D eigenvalue weighted by molar-refractivity contribution is 0.102. The minimum Gasteiger partial charge on any atom is -0.312 e. The summed E-state index contributed by atoms with van der Waals surface area (Å²) < 4.78 is 0. The second kappa shape index (κ2) is 6.55. The summed E-state index contributed by atoms with van der Waals surface area (Å²) in [4.78, 5) is 13.7. The van der Waals surface area contributed by atoms with Crippen LogP contribution in [0.5, 0.6) is 0 Å². The number of aryl methyl sites for hydroxylation is 1. The summed E-state index contributed by atoms with van der Waals surface area (Å²) in [5.41, 5.74) is 3.56. The summed E-state index contributed by atoms with van der Waals surface area (Å²) in [6.07, 6.45) is 4.30. The van der Waals surface area contributed by atoms with Gasteiger partial charge >= 0.3 is 0 Å². The zero-order chi connectivity index (χ0) is 16.4. The average Bonchev–Trinajstić information content (AvgIpc) is 2.91. The number of anilines is 1. The Morgan fingerprint density at radius 3 is 2.78 bits per heavy atom. The second-order valence-corrected chi connectivity index (χ2v) is 7.26. The van der Waals surface area contributed by atoms with Gasteiger partial charge in [-0.25, -0.2) is 0 Å². The fourth-order valence-corrected chi connectivity index (χ4v) is 4.40. The number of amides is 1. The molecule has 3 nitrogen and oxygen atoms in total. The smallest absolute Gasteiger partial charge is 0.256 e. The standard InChI is InChI=1S/C19H20N2OS/c1-3-13-6-9-15-16(11-20)19(23-17(15)10-13)21-18(22)14-7-4-12(2)5-8-14/h4-5,7-8,13H,3,6,9-10H2,1-2H3,(H,21,22). The first-order valence-electron chi connectivity index (χ1n) is 8.05. The van der Waals surface area contributed by atoms with Crippen molar-refractivity contribution in [3.63, 3.8) is 0 Å². The first-order valence-corrected chi connectivity index (χ1v) is 8.86. The average molecular weight is 324 g/mol. The van der Waals surface area contributed by atoms with Gasteiger partial charge in [0.2, 0.25) is 0 Å². The summed E-state index contributed by atoms with van der Waals surface area (Å²) in [5.74, 6) is 0.556. The van der Waals surface area contributed by atoms with Crippen LogP contribution in [0.15, 0.2) is 24.3 Å². The van der Waals surface area contributed by atoms with Crippen LogP contribution in [0.4, 0.5) is 5.00 Å². The summed E-state index contributed by atoms with van der Waals surface area (Å²) in [6.45, 7) is 4.21. The van der Waals surface area contributed by atoms with Gasteiger partial charge in [-0.3, -0.25) is 4.79 Å². The van der Waals surface area contributed by atoms with Crippen molar-refractivity contribution in [1.29, 1.82) is 5.26 Å². The molecular weight excluding hydrogens is 304 g/mol. The van der Waals surface area contributed by atoms with Crippen LogP contribution >= 0.6 is 11.3 Å². The van der Waals surface area contributed by atoms with Crippen LogP contribution in [0, 0.1) is 24.2 Å². The highest BCUT2D eigenvalue weighted by Crippen LogP contribution is 2.40. The van der Waals surface area contributed by atoms with Crippen molar-refractivity contribution in [2.45, 2.75) is 39.5 Å². The Hall–Kier alpha value is -2.12. The predicted molar refractivity (Wildman–Crippen MR) is 94.0 cm³/mol. The maximum absolute atomic E-state index is 12.4. The summed E-state index contributed by atoms with van der Waals surface area (Å²) >= 11 is 1.58. The van der Waals surface area contributed by atoms with Crippen molar-refractivity contribution in [3.8, 4) is 6.07 Å². The topological polar surface area (TPSA) is 52.9 Å². The molecule has 23 heavy (non-hydrogen) atoms. The molecule has 0 spiro atoms. The summed E-state index contributed by atoms with van der Waals surface area (Å²) in [6, 6.07) is 9.78. The zero-order valence-electron chi connectivity index (χ0n) is 13.5. The largest absolute Gasteiger partial charge is 0.312 e. The lowest BCUT2D eigenvalue weighted by Gasteiger charge is -2.20. The molecule has 1 unspecified atom stereocenters. The number of carbonyl (C=O) groups excluding carboxylic acids is 1. The second-order valence-electron chi connectivity index (χ2n) is 6.16. The van der Waals surface area contributed by atoms with E-state index in [0.29, 0.717) is 22.0 Å². The molecule has 0 bridgehead atoms. The third-order valence-corrected chi connectivity index (χ3v) is 5.77. The molecule has 0 saturated heterocycles. The Morgan fingerprint density at radius 2 is 2.13 bits per heavy atom. The number of thiophene rings is 1. The fraction of sp³-hybridized carbons (Fsp3) is 0.368. The molecule has 1 aromatic carbocycles. The molecule has 0 fully saturated rings. The maximum Gasteiger partial charge on any atom is 0.256 e. The van der Waals surface area contributed by atoms with E-state index in [1.54, 1.807) is 11.3 Å². The van der Waals surface area contributed by atoms with Gasteiger partial charge < -0.3 is 5.32 Å². The van der Waals surface area contributed by atoms with E-state index >= 15 is 0 Å². The van der Waals surface area contributed by atoms with Crippen LogP contribution < -0.4 is 5.32 Å². The lowest BCUT2D eigenvalue weighted by atomic mass is 9.86. The van der Waals surface area contributed by atoms with Crippen LogP contribution in [-0.2, 0) is 12.8 Å². The first-order chi connectivity index (χ1) is 11.1. The number of benzene rings is 1. The number of fused-ring (bicyclic) bond motifs is 1. The number of nitriles is 1. The lowest BCUT2D eigenvalue weighted by Crippen LogP contribution is -2.12. The molecule has 3 rings (SSSR count). The van der Waals surface area contributed by atoms with Crippen LogP contribution in [0.25, 0.3) is 0 Å². The molecule has 0 radical (unpaired) electrons. The van der Waals surface area contributed by atoms with Gasteiger partial charge in [0.1, 0.15) is 11.1 Å². The zero-order valence-corrected chi connectivity index (χ0v) is 14.3. The van der Waals surface area contributed by atoms with Gasteiger partial charge in [0.25, 0.3) is 5.91 Å². The van der Waals surface area contributed by atoms with Crippen molar-refractivity contribution < 1.29 is 4.79 Å². The maximum atomic E-state index is 12.4. The Labute approximate surface area is 141 Å². The molecule has 1 aromatic heterocycles. The van der Waals surface area contributed by atoms with Crippen molar-refractivity contribution in [2.75, 3.05) is 5.32 Å². The molecule has 118 valence electrons. The quantitative estimate of drug-likeness (QED) is 0.890. The first kappa shape index (κ1) is 15.8. The molecule has 2 aromatic rings. The van der Waals surface area contributed by atoms with Gasteiger partial charge in [-0.15, -0.1) is 11.3 Å². The monoisotopic (exact) mass is 324 g/mol. The highest BCUT2D eigenvalue weighted by atomic mass is 32.1. The third-order valence-electron chi connectivity index (χ3n) is 4.60. The van der Waals surface area contributed by atoms with Gasteiger partial charge in [-0.05, 0) is 49.8 Å². The van der Waals surface area contributed by atoms with Crippen LogP contribution in [0.2, 0.25) is 0 Å². The number of nitrogens with zero attached hydrogens (tertiary/aromatic N) is 1. The van der Waals surface area contributed by atoms with Crippen molar-refractivity contribution in [3.05, 3.63) is 51.4 Å². The van der Waals surface area contributed by atoms with E-state index in [4.69, 9.17) is 0 Å². The van der Waals surface area contributed by atoms with Crippen LogP contribution in [-0.4, -0.2) is 5.91 Å². The molecule has 4 heteroatoms. The molecule has 1 N–H and O–H groups in total. The normalized spacial score (nSPS) is 16.5. The number of hydrogen-bond acceptors (Lipinski definition) is 3. The fourth-order valence-electron chi connectivity index (χ4n) is 3.09. The van der Waals surface area contributed by atoms with Gasteiger partial charge in [-0.2, -0.15) is 5.26 Å². The van der Waals surface area contributed by atoms with Crippen LogP contribution in [0.3, 0.4) is 0 Å². The minimum absolute atomic E-state index is 0.146. The molecule has 1 aliphatic carbocycles. The molecule has 1 aliphatic rings. The number of carbonyl (C=O) groups is 1. The molecular formula is C19H20N2OS. The Morgan fingerprint density at radius 1 is 1.39 bits per heavy atom. The molecule has 1 amide bonds. The molecule has 1 atom stereocenters. The van der Waals surface area contributed by atoms with Gasteiger partial charge in [-0.1, -0.05) is 31.0 Å². The predicted octanol–water partition coefficient (Wildman–Crippen LogP) is 4.70. The number of nitrogens with one attached hydrogen (secondary N) is 1. The Bertz CT molecular complexity index is 768. The van der Waals surface area contributed by atoms with Crippen LogP contribution in [0.1, 0.15) is 51.7 Å². The number of rotatable bonds is 3. The van der Waals surface area contributed by atoms with Gasteiger partial charge in [0.15, 0.2) is 0 Å². The molecule has 1 heterocycles. The number of hydrogen-bond donors (Lipinski definition) is 1. The molecule has 0 aliphatic heterocycles. The minimum atomic E-state index is -0.146. The highest BCUT2D eigenvalue weighted by Gasteiger charge is 2.25. The van der Waals surface area contributed by atoms with Crippen molar-refractivity contribution in [1.82, 2.24) is 0 Å². The van der Waals surface area contributed by atoms with E-state index in [-0.39, 0.29) is 5.91 Å². The van der Waals surface area contributed by atoms with Gasteiger partial charge in [0, 0.05) is 10.4 Å². The third kappa shape index (κ3) is 3.16. The van der Waals surface area contributed by atoms with Gasteiger partial charge in [0.05, 0.1) is 5.56 Å². The van der Waals surface area contributed by atoms with E-state index in [2.05, 4.69) is 18.3 Å². The Kier molecular flexibility index (Phi) is 4.49. The van der Waals surface area contributed by atoms with E-state index in [1.165, 1.54) is 11.3 Å². The van der Waals surface area contributed by atoms with Crippen molar-refractivity contribution >= 4 is 22.2 Å². The van der Waals surface area contributed by atoms with E-state index in [0.717, 1.165) is 30.4 Å². The SMILES string of the molecule is CCC1CCc2c(sc(NC(=O)c3ccc(C)cc3)c2C#N)C1. The van der Waals surface area contributed by atoms with Crippen molar-refractivity contribution in [2.24, 2.45) is 5.92 Å². The highest BCUT2D eigenvalue weighted by molar-refractivity contribution is 7.16. The van der Waals surface area contributed by atoms with E-state index in [9.17, 15) is 10.1 Å². The molecule has 0 saturated carbocycles. The van der Waals surface area contributed by atoms with E-state index in [1.807, 2.05) is 31.2 Å².